The van der Waals surface area contributed by atoms with Gasteiger partial charge >= 0.3 is 0 Å². The normalized spacial score (nSPS) is 11.5. The highest BCUT2D eigenvalue weighted by Gasteiger charge is 2.06. The van der Waals surface area contributed by atoms with Gasteiger partial charge in [-0.3, -0.25) is 9.67 Å². The van der Waals surface area contributed by atoms with Gasteiger partial charge in [0.15, 0.2) is 5.96 Å². The van der Waals surface area contributed by atoms with Gasteiger partial charge in [-0.25, -0.2) is 4.39 Å². The van der Waals surface area contributed by atoms with Crippen molar-refractivity contribution < 1.29 is 4.39 Å². The van der Waals surface area contributed by atoms with Crippen molar-refractivity contribution in [3.8, 4) is 0 Å². The van der Waals surface area contributed by atoms with Gasteiger partial charge in [0.2, 0.25) is 0 Å². The number of hydrogen-bond acceptors (Lipinski definition) is 2. The fourth-order valence-electron chi connectivity index (χ4n) is 2.04. The van der Waals surface area contributed by atoms with Crippen LogP contribution in [0.5, 0.6) is 0 Å². The van der Waals surface area contributed by atoms with Crippen LogP contribution in [0.3, 0.4) is 0 Å². The van der Waals surface area contributed by atoms with Crippen LogP contribution < -0.4 is 5.32 Å². The highest BCUT2D eigenvalue weighted by Crippen LogP contribution is 2.05. The largest absolute Gasteiger partial charge is 0.354 e. The number of aliphatic imine (C=N–C) groups is 1. The lowest BCUT2D eigenvalue weighted by molar-refractivity contribution is 0.470. The first-order valence-electron chi connectivity index (χ1n) is 6.82. The molecule has 0 aliphatic heterocycles. The number of hydrogen-bond donors (Lipinski definition) is 1. The van der Waals surface area contributed by atoms with Gasteiger partial charge in [0.05, 0.1) is 6.54 Å². The van der Waals surface area contributed by atoms with E-state index in [4.69, 9.17) is 0 Å². The number of nitrogens with one attached hydrogen (secondary N) is 1. The molecule has 0 unspecified atom stereocenters. The molecule has 0 bridgehead atoms. The van der Waals surface area contributed by atoms with Crippen molar-refractivity contribution >= 4 is 5.96 Å². The highest BCUT2D eigenvalue weighted by atomic mass is 19.1. The second-order valence-electron chi connectivity index (χ2n) is 4.73. The fraction of sp³-hybridized carbons (Fsp3) is 0.333. The first-order chi connectivity index (χ1) is 10.2. The van der Waals surface area contributed by atoms with Crippen LogP contribution in [0.2, 0.25) is 0 Å². The predicted molar refractivity (Wildman–Crippen MR) is 81.5 cm³/mol. The Morgan fingerprint density at radius 2 is 2.14 bits per heavy atom. The SMILES string of the molecule is CN=C(NCCn1cccn1)N(C)Cc1ccc(F)cc1. The average molecular weight is 289 g/mol. The van der Waals surface area contributed by atoms with E-state index in [1.807, 2.05) is 28.9 Å². The van der Waals surface area contributed by atoms with Gasteiger partial charge in [0, 0.05) is 39.6 Å². The van der Waals surface area contributed by atoms with E-state index in [9.17, 15) is 4.39 Å². The molecule has 5 nitrogen and oxygen atoms in total. The van der Waals surface area contributed by atoms with Crippen molar-refractivity contribution in [1.82, 2.24) is 20.0 Å². The molecular formula is C15H20FN5. The Hall–Kier alpha value is -2.37. The van der Waals surface area contributed by atoms with Crippen LogP contribution in [0.4, 0.5) is 4.39 Å². The molecule has 0 radical (unpaired) electrons. The lowest BCUT2D eigenvalue weighted by Crippen LogP contribution is -2.39. The van der Waals surface area contributed by atoms with Gasteiger partial charge < -0.3 is 10.2 Å². The molecule has 2 aromatic rings. The molecular weight excluding hydrogens is 269 g/mol. The molecule has 6 heteroatoms. The van der Waals surface area contributed by atoms with E-state index in [1.54, 1.807) is 25.4 Å². The van der Waals surface area contributed by atoms with Gasteiger partial charge in [-0.2, -0.15) is 5.10 Å². The fourth-order valence-corrected chi connectivity index (χ4v) is 2.04. The van der Waals surface area contributed by atoms with Crippen LogP contribution in [0, 0.1) is 5.82 Å². The summed E-state index contributed by atoms with van der Waals surface area (Å²) in [5.41, 5.74) is 1.04. The molecule has 0 aliphatic carbocycles. The Labute approximate surface area is 124 Å². The Balaban J connectivity index is 1.83. The summed E-state index contributed by atoms with van der Waals surface area (Å²) in [6.45, 7) is 2.18. The molecule has 21 heavy (non-hydrogen) atoms. The first-order valence-corrected chi connectivity index (χ1v) is 6.82. The zero-order chi connectivity index (χ0) is 15.1. The Bertz CT molecular complexity index is 562. The van der Waals surface area contributed by atoms with E-state index in [0.29, 0.717) is 6.54 Å². The molecule has 1 heterocycles. The quantitative estimate of drug-likeness (QED) is 0.673. The summed E-state index contributed by atoms with van der Waals surface area (Å²) in [7, 11) is 3.70. The van der Waals surface area contributed by atoms with Crippen molar-refractivity contribution in [3.05, 3.63) is 54.1 Å². The summed E-state index contributed by atoms with van der Waals surface area (Å²) in [4.78, 5) is 6.24. The van der Waals surface area contributed by atoms with Gasteiger partial charge in [-0.15, -0.1) is 0 Å². The number of nitrogens with zero attached hydrogens (tertiary/aromatic N) is 4. The molecule has 0 atom stereocenters. The van der Waals surface area contributed by atoms with Crippen LogP contribution in [0.1, 0.15) is 5.56 Å². The maximum Gasteiger partial charge on any atom is 0.193 e. The number of halogens is 1. The average Bonchev–Trinajstić information content (AvgIpc) is 2.99. The van der Waals surface area contributed by atoms with Crippen molar-refractivity contribution in [1.29, 1.82) is 0 Å². The molecule has 0 aliphatic rings. The van der Waals surface area contributed by atoms with E-state index in [2.05, 4.69) is 15.4 Å². The molecule has 1 aromatic carbocycles. The van der Waals surface area contributed by atoms with Gasteiger partial charge in [0.1, 0.15) is 5.82 Å². The Kier molecular flexibility index (Phi) is 5.31. The predicted octanol–water partition coefficient (Wildman–Crippen LogP) is 1.73. The molecule has 1 N–H and O–H groups in total. The third kappa shape index (κ3) is 4.59. The van der Waals surface area contributed by atoms with Crippen LogP contribution in [-0.2, 0) is 13.1 Å². The van der Waals surface area contributed by atoms with Crippen molar-refractivity contribution in [2.45, 2.75) is 13.1 Å². The molecule has 0 saturated heterocycles. The lowest BCUT2D eigenvalue weighted by Gasteiger charge is -2.22. The van der Waals surface area contributed by atoms with Crippen LogP contribution in [0.25, 0.3) is 0 Å². The van der Waals surface area contributed by atoms with E-state index < -0.39 is 0 Å². The summed E-state index contributed by atoms with van der Waals surface area (Å²) in [5, 5.41) is 7.43. The number of aromatic nitrogens is 2. The Morgan fingerprint density at radius 1 is 1.38 bits per heavy atom. The Morgan fingerprint density at radius 3 is 2.76 bits per heavy atom. The minimum atomic E-state index is -0.219. The van der Waals surface area contributed by atoms with Gasteiger partial charge in [-0.1, -0.05) is 12.1 Å². The van der Waals surface area contributed by atoms with E-state index in [1.165, 1.54) is 12.1 Å². The second-order valence-corrected chi connectivity index (χ2v) is 4.73. The first kappa shape index (κ1) is 15.0. The third-order valence-corrected chi connectivity index (χ3v) is 3.09. The van der Waals surface area contributed by atoms with Crippen LogP contribution in [0.15, 0.2) is 47.7 Å². The lowest BCUT2D eigenvalue weighted by atomic mass is 10.2. The number of guanidine groups is 1. The zero-order valence-electron chi connectivity index (χ0n) is 12.3. The molecule has 0 spiro atoms. The molecule has 1 aromatic heterocycles. The summed E-state index contributed by atoms with van der Waals surface area (Å²) in [6, 6.07) is 8.40. The summed E-state index contributed by atoms with van der Waals surface area (Å²) < 4.78 is 14.8. The minimum Gasteiger partial charge on any atom is -0.354 e. The molecule has 0 fully saturated rings. The van der Waals surface area contributed by atoms with Crippen molar-refractivity contribution in [2.24, 2.45) is 4.99 Å². The third-order valence-electron chi connectivity index (χ3n) is 3.09. The molecule has 0 saturated carbocycles. The number of rotatable bonds is 5. The van der Waals surface area contributed by atoms with E-state index >= 15 is 0 Å². The molecule has 112 valence electrons. The topological polar surface area (TPSA) is 45.5 Å². The standard InChI is InChI=1S/C15H20FN5/c1-17-15(18-9-11-21-10-3-8-19-21)20(2)12-13-4-6-14(16)7-5-13/h3-8,10H,9,11-12H2,1-2H3,(H,17,18). The summed E-state index contributed by atoms with van der Waals surface area (Å²) >= 11 is 0. The highest BCUT2D eigenvalue weighted by molar-refractivity contribution is 5.79. The second kappa shape index (κ2) is 7.42. The zero-order valence-corrected chi connectivity index (χ0v) is 12.3. The van der Waals surface area contributed by atoms with Gasteiger partial charge in [-0.05, 0) is 23.8 Å². The summed E-state index contributed by atoms with van der Waals surface area (Å²) in [5.74, 6) is 0.578. The van der Waals surface area contributed by atoms with E-state index in [-0.39, 0.29) is 5.82 Å². The van der Waals surface area contributed by atoms with Crippen LogP contribution in [-0.4, -0.2) is 41.3 Å². The minimum absolute atomic E-state index is 0.219. The monoisotopic (exact) mass is 289 g/mol. The van der Waals surface area contributed by atoms with Gasteiger partial charge in [0.25, 0.3) is 0 Å². The van der Waals surface area contributed by atoms with Crippen LogP contribution >= 0.6 is 0 Å². The molecule has 0 amide bonds. The number of benzene rings is 1. The maximum absolute atomic E-state index is 12.9. The smallest absolute Gasteiger partial charge is 0.193 e. The van der Waals surface area contributed by atoms with Crippen molar-refractivity contribution in [2.75, 3.05) is 20.6 Å². The van der Waals surface area contributed by atoms with Crippen molar-refractivity contribution in [3.63, 3.8) is 0 Å². The maximum atomic E-state index is 12.9. The van der Waals surface area contributed by atoms with E-state index in [0.717, 1.165) is 24.6 Å². The summed E-state index contributed by atoms with van der Waals surface area (Å²) in [6.07, 6.45) is 3.68. The molecule has 2 rings (SSSR count).